The monoisotopic (exact) mass is 311 g/mol. The van der Waals surface area contributed by atoms with Crippen LogP contribution in [0.1, 0.15) is 15.9 Å². The fraction of sp³-hybridized carbons (Fsp3) is 0.111. The Hall–Kier alpha value is -2.95. The lowest BCUT2D eigenvalue weighted by Crippen LogP contribution is -2.02. The number of pyridine rings is 1. The summed E-state index contributed by atoms with van der Waals surface area (Å²) < 4.78 is 19.4. The van der Waals surface area contributed by atoms with Crippen molar-refractivity contribution in [1.29, 1.82) is 0 Å². The molecule has 1 N–H and O–H groups in total. The maximum Gasteiger partial charge on any atom is 0.336 e. The number of carboxylic acids is 1. The first-order chi connectivity index (χ1) is 11.0. The lowest BCUT2D eigenvalue weighted by molar-refractivity contribution is 0.0699. The summed E-state index contributed by atoms with van der Waals surface area (Å²) in [5.74, 6) is -1.13. The molecule has 3 aromatic rings. The van der Waals surface area contributed by atoms with E-state index >= 15 is 0 Å². The Labute approximate surface area is 132 Å². The number of aromatic carboxylic acids is 1. The molecule has 0 amide bonds. The predicted molar refractivity (Wildman–Crippen MR) is 85.4 cm³/mol. The number of nitrogens with zero attached hydrogens (tertiary/aromatic N) is 1. The van der Waals surface area contributed by atoms with Crippen LogP contribution in [0.2, 0.25) is 0 Å². The largest absolute Gasteiger partial charge is 0.496 e. The van der Waals surface area contributed by atoms with E-state index in [0.29, 0.717) is 17.0 Å². The Morgan fingerprint density at radius 1 is 1.22 bits per heavy atom. The van der Waals surface area contributed by atoms with Crippen LogP contribution in [0, 0.1) is 12.7 Å². The van der Waals surface area contributed by atoms with Gasteiger partial charge in [-0.05, 0) is 31.2 Å². The molecule has 0 atom stereocenters. The Bertz CT molecular complexity index is 922. The lowest BCUT2D eigenvalue weighted by Gasteiger charge is -2.11. The standard InChI is InChI=1S/C18H14FNO3/c1-10-6-7-16(23-2)13(8-10)15-9-12(18(21)22)11-4-3-5-14(19)17(11)20-15/h3-9H,1-2H3,(H,21,22). The highest BCUT2D eigenvalue weighted by molar-refractivity contribution is 6.04. The molecule has 2 aromatic carbocycles. The van der Waals surface area contributed by atoms with Gasteiger partial charge in [0.15, 0.2) is 0 Å². The minimum atomic E-state index is -1.13. The van der Waals surface area contributed by atoms with Gasteiger partial charge in [0.05, 0.1) is 18.4 Å². The lowest BCUT2D eigenvalue weighted by atomic mass is 10.0. The van der Waals surface area contributed by atoms with E-state index in [0.717, 1.165) is 5.56 Å². The molecule has 0 saturated carbocycles. The van der Waals surface area contributed by atoms with Crippen LogP contribution in [-0.4, -0.2) is 23.2 Å². The van der Waals surface area contributed by atoms with Crippen LogP contribution >= 0.6 is 0 Å². The maximum atomic E-state index is 14.1. The second-order valence-corrected chi connectivity index (χ2v) is 5.20. The summed E-state index contributed by atoms with van der Waals surface area (Å²) >= 11 is 0. The Balaban J connectivity index is 2.37. The molecule has 0 unspecified atom stereocenters. The molecule has 0 aliphatic carbocycles. The smallest absolute Gasteiger partial charge is 0.336 e. The van der Waals surface area contributed by atoms with Crippen molar-refractivity contribution in [2.45, 2.75) is 6.92 Å². The molecule has 0 aliphatic heterocycles. The summed E-state index contributed by atoms with van der Waals surface area (Å²) in [7, 11) is 1.52. The molecule has 0 radical (unpaired) electrons. The van der Waals surface area contributed by atoms with Gasteiger partial charge in [-0.15, -0.1) is 0 Å². The summed E-state index contributed by atoms with van der Waals surface area (Å²) in [5.41, 5.74) is 1.99. The van der Waals surface area contributed by atoms with Gasteiger partial charge in [-0.25, -0.2) is 14.2 Å². The maximum absolute atomic E-state index is 14.1. The number of ether oxygens (including phenoxy) is 1. The van der Waals surface area contributed by atoms with Gasteiger partial charge in [-0.1, -0.05) is 23.8 Å². The van der Waals surface area contributed by atoms with Crippen molar-refractivity contribution in [3.8, 4) is 17.0 Å². The molecule has 116 valence electrons. The van der Waals surface area contributed by atoms with Crippen molar-refractivity contribution in [2.24, 2.45) is 0 Å². The molecule has 0 saturated heterocycles. The molecule has 1 aromatic heterocycles. The topological polar surface area (TPSA) is 59.4 Å². The Kier molecular flexibility index (Phi) is 3.70. The highest BCUT2D eigenvalue weighted by Gasteiger charge is 2.17. The number of hydrogen-bond donors (Lipinski definition) is 1. The number of carboxylic acid groups (broad SMARTS) is 1. The van der Waals surface area contributed by atoms with Crippen LogP contribution < -0.4 is 4.74 Å². The van der Waals surface area contributed by atoms with Crippen LogP contribution in [-0.2, 0) is 0 Å². The number of aryl methyl sites for hydroxylation is 1. The van der Waals surface area contributed by atoms with Crippen molar-refractivity contribution in [2.75, 3.05) is 7.11 Å². The molecule has 0 bridgehead atoms. The molecule has 0 fully saturated rings. The zero-order valence-corrected chi connectivity index (χ0v) is 12.6. The number of carbonyl (C=O) groups is 1. The van der Waals surface area contributed by atoms with Crippen LogP contribution in [0.3, 0.4) is 0 Å². The van der Waals surface area contributed by atoms with E-state index in [-0.39, 0.29) is 16.5 Å². The molecular weight excluding hydrogens is 297 g/mol. The summed E-state index contributed by atoms with van der Waals surface area (Å²) in [6.45, 7) is 1.91. The van der Waals surface area contributed by atoms with Gasteiger partial charge >= 0.3 is 5.97 Å². The first-order valence-corrected chi connectivity index (χ1v) is 6.99. The third-order valence-electron chi connectivity index (χ3n) is 3.65. The number of benzene rings is 2. The number of para-hydroxylation sites is 1. The average Bonchev–Trinajstić information content (AvgIpc) is 2.54. The van der Waals surface area contributed by atoms with Crippen molar-refractivity contribution >= 4 is 16.9 Å². The van der Waals surface area contributed by atoms with Gasteiger partial charge in [-0.3, -0.25) is 0 Å². The first kappa shape index (κ1) is 15.0. The highest BCUT2D eigenvalue weighted by Crippen LogP contribution is 2.32. The number of methoxy groups -OCH3 is 1. The summed E-state index contributed by atoms with van der Waals surface area (Å²) in [4.78, 5) is 15.9. The third-order valence-corrected chi connectivity index (χ3v) is 3.65. The molecule has 5 heteroatoms. The average molecular weight is 311 g/mol. The van der Waals surface area contributed by atoms with Crippen molar-refractivity contribution in [3.05, 3.63) is 59.4 Å². The van der Waals surface area contributed by atoms with Gasteiger partial charge in [0.2, 0.25) is 0 Å². The third kappa shape index (κ3) is 2.61. The van der Waals surface area contributed by atoms with Crippen molar-refractivity contribution < 1.29 is 19.0 Å². The van der Waals surface area contributed by atoms with Gasteiger partial charge in [0.1, 0.15) is 17.1 Å². The number of hydrogen-bond acceptors (Lipinski definition) is 3. The minimum absolute atomic E-state index is 0.00746. The Morgan fingerprint density at radius 2 is 2.00 bits per heavy atom. The summed E-state index contributed by atoms with van der Waals surface area (Å²) in [5, 5.41) is 9.72. The highest BCUT2D eigenvalue weighted by atomic mass is 19.1. The molecular formula is C18H14FNO3. The summed E-state index contributed by atoms with van der Waals surface area (Å²) in [6, 6.07) is 11.2. The number of aromatic nitrogens is 1. The van der Waals surface area contributed by atoms with Crippen LogP contribution in [0.15, 0.2) is 42.5 Å². The van der Waals surface area contributed by atoms with E-state index in [9.17, 15) is 14.3 Å². The zero-order chi connectivity index (χ0) is 16.6. The van der Waals surface area contributed by atoms with Gasteiger partial charge < -0.3 is 9.84 Å². The van der Waals surface area contributed by atoms with E-state index < -0.39 is 11.8 Å². The normalized spacial score (nSPS) is 10.7. The number of rotatable bonds is 3. The second-order valence-electron chi connectivity index (χ2n) is 5.20. The predicted octanol–water partition coefficient (Wildman–Crippen LogP) is 4.06. The van der Waals surface area contributed by atoms with Gasteiger partial charge in [-0.2, -0.15) is 0 Å². The van der Waals surface area contributed by atoms with Crippen molar-refractivity contribution in [1.82, 2.24) is 4.98 Å². The molecule has 0 spiro atoms. The fourth-order valence-electron chi connectivity index (χ4n) is 2.55. The number of halogens is 1. The molecule has 4 nitrogen and oxygen atoms in total. The van der Waals surface area contributed by atoms with Gasteiger partial charge in [0.25, 0.3) is 0 Å². The zero-order valence-electron chi connectivity index (χ0n) is 12.6. The van der Waals surface area contributed by atoms with E-state index in [1.165, 1.54) is 25.3 Å². The fourth-order valence-corrected chi connectivity index (χ4v) is 2.55. The molecule has 23 heavy (non-hydrogen) atoms. The van der Waals surface area contributed by atoms with Crippen LogP contribution in [0.4, 0.5) is 4.39 Å². The van der Waals surface area contributed by atoms with E-state index in [2.05, 4.69) is 4.98 Å². The molecule has 3 rings (SSSR count). The van der Waals surface area contributed by atoms with E-state index in [4.69, 9.17) is 4.74 Å². The van der Waals surface area contributed by atoms with Crippen LogP contribution in [0.5, 0.6) is 5.75 Å². The van der Waals surface area contributed by atoms with E-state index in [1.54, 1.807) is 12.1 Å². The first-order valence-electron chi connectivity index (χ1n) is 6.99. The van der Waals surface area contributed by atoms with Crippen molar-refractivity contribution in [3.63, 3.8) is 0 Å². The molecule has 0 aliphatic rings. The minimum Gasteiger partial charge on any atom is -0.496 e. The Morgan fingerprint density at radius 3 is 2.70 bits per heavy atom. The SMILES string of the molecule is COc1ccc(C)cc1-c1cc(C(=O)O)c2cccc(F)c2n1. The van der Waals surface area contributed by atoms with Crippen LogP contribution in [0.25, 0.3) is 22.2 Å². The quantitative estimate of drug-likeness (QED) is 0.792. The second kappa shape index (κ2) is 5.68. The number of fused-ring (bicyclic) bond motifs is 1. The van der Waals surface area contributed by atoms with E-state index in [1.807, 2.05) is 19.1 Å². The van der Waals surface area contributed by atoms with Gasteiger partial charge in [0, 0.05) is 10.9 Å². The molecule has 1 heterocycles. The summed E-state index contributed by atoms with van der Waals surface area (Å²) in [6.07, 6.45) is 0.